The van der Waals surface area contributed by atoms with E-state index in [2.05, 4.69) is 6.92 Å². The van der Waals surface area contributed by atoms with E-state index in [1.807, 2.05) is 6.92 Å². The minimum absolute atomic E-state index is 0.144. The van der Waals surface area contributed by atoms with Crippen molar-refractivity contribution in [2.75, 3.05) is 7.11 Å². The highest BCUT2D eigenvalue weighted by atomic mass is 16.7. The minimum Gasteiger partial charge on any atom is -0.466 e. The molecule has 5 heteroatoms. The largest absolute Gasteiger partial charge is 0.466 e. The monoisotopic (exact) mass is 294 g/mol. The fraction of sp³-hybridized carbons (Fsp3) is 0.750. The first-order valence-corrected chi connectivity index (χ1v) is 7.53. The summed E-state index contributed by atoms with van der Waals surface area (Å²) >= 11 is 0. The van der Waals surface area contributed by atoms with Crippen molar-refractivity contribution in [3.05, 3.63) is 11.1 Å². The second-order valence-corrected chi connectivity index (χ2v) is 6.55. The van der Waals surface area contributed by atoms with E-state index < -0.39 is 11.2 Å². The first-order chi connectivity index (χ1) is 9.85. The molecule has 0 aromatic rings. The molecule has 0 amide bonds. The van der Waals surface area contributed by atoms with Crippen molar-refractivity contribution < 1.29 is 23.8 Å². The van der Waals surface area contributed by atoms with Crippen molar-refractivity contribution in [2.45, 2.75) is 63.8 Å². The molecule has 4 atom stereocenters. The fourth-order valence-corrected chi connectivity index (χ4v) is 4.12. The maximum atomic E-state index is 11.8. The van der Waals surface area contributed by atoms with E-state index >= 15 is 0 Å². The molecule has 2 saturated heterocycles. The molecule has 3 aliphatic rings. The lowest BCUT2D eigenvalue weighted by Gasteiger charge is -2.36. The number of ether oxygens (including phenoxy) is 3. The van der Waals surface area contributed by atoms with Gasteiger partial charge >= 0.3 is 11.9 Å². The van der Waals surface area contributed by atoms with Crippen LogP contribution in [-0.2, 0) is 23.8 Å². The van der Waals surface area contributed by atoms with E-state index in [1.165, 1.54) is 7.11 Å². The van der Waals surface area contributed by atoms with Crippen molar-refractivity contribution in [2.24, 2.45) is 5.92 Å². The third-order valence-electron chi connectivity index (χ3n) is 5.57. The molecule has 3 rings (SSSR count). The van der Waals surface area contributed by atoms with E-state index in [4.69, 9.17) is 14.2 Å². The molecule has 0 bridgehead atoms. The predicted molar refractivity (Wildman–Crippen MR) is 74.4 cm³/mol. The fourth-order valence-electron chi connectivity index (χ4n) is 4.12. The molecule has 1 saturated carbocycles. The van der Waals surface area contributed by atoms with Crippen LogP contribution in [0.5, 0.6) is 0 Å². The van der Waals surface area contributed by atoms with Crippen molar-refractivity contribution >= 4 is 11.9 Å². The van der Waals surface area contributed by atoms with E-state index in [1.54, 1.807) is 6.92 Å². The molecule has 0 aromatic heterocycles. The lowest BCUT2D eigenvalue weighted by Crippen LogP contribution is -2.49. The third-order valence-corrected chi connectivity index (χ3v) is 5.57. The maximum Gasteiger partial charge on any atom is 0.333 e. The maximum absolute atomic E-state index is 11.8. The van der Waals surface area contributed by atoms with Crippen molar-refractivity contribution in [3.63, 3.8) is 0 Å². The second kappa shape index (κ2) is 4.57. The summed E-state index contributed by atoms with van der Waals surface area (Å²) in [5.41, 5.74) is 0.558. The Labute approximate surface area is 124 Å². The molecule has 2 heterocycles. The summed E-state index contributed by atoms with van der Waals surface area (Å²) in [4.78, 5) is 23.5. The van der Waals surface area contributed by atoms with Gasteiger partial charge in [0.1, 0.15) is 17.3 Å². The number of methoxy groups -OCH3 is 1. The van der Waals surface area contributed by atoms with Crippen LogP contribution in [0, 0.1) is 5.92 Å². The zero-order valence-electron chi connectivity index (χ0n) is 13.0. The van der Waals surface area contributed by atoms with Gasteiger partial charge in [-0.2, -0.15) is 0 Å². The second-order valence-electron chi connectivity index (χ2n) is 6.55. The first-order valence-electron chi connectivity index (χ1n) is 7.53. The average Bonchev–Trinajstić information content (AvgIpc) is 2.99. The number of hydrogen-bond acceptors (Lipinski definition) is 5. The average molecular weight is 294 g/mol. The normalized spacial score (nSPS) is 43.9. The number of epoxide rings is 1. The number of rotatable bonds is 1. The molecule has 3 fully saturated rings. The summed E-state index contributed by atoms with van der Waals surface area (Å²) in [6.07, 6.45) is 2.66. The van der Waals surface area contributed by atoms with Crippen LogP contribution in [0.3, 0.4) is 0 Å². The van der Waals surface area contributed by atoms with Crippen molar-refractivity contribution in [1.82, 2.24) is 0 Å². The van der Waals surface area contributed by atoms with Gasteiger partial charge in [0.05, 0.1) is 7.11 Å². The van der Waals surface area contributed by atoms with Crippen LogP contribution in [0.2, 0.25) is 0 Å². The van der Waals surface area contributed by atoms with E-state index in [9.17, 15) is 9.59 Å². The molecule has 5 nitrogen and oxygen atoms in total. The number of hydrogen-bond donors (Lipinski definition) is 0. The zero-order chi connectivity index (χ0) is 15.4. The Kier molecular flexibility index (Phi) is 3.17. The molecule has 116 valence electrons. The highest BCUT2D eigenvalue weighted by Gasteiger charge is 2.73. The molecule has 0 N–H and O–H groups in total. The predicted octanol–water partition coefficient (Wildman–Crippen LogP) is 2.14. The third kappa shape index (κ3) is 1.86. The highest BCUT2D eigenvalue weighted by molar-refractivity contribution is 5.89. The minimum atomic E-state index is -0.549. The summed E-state index contributed by atoms with van der Waals surface area (Å²) in [6.45, 7) is 5.90. The quantitative estimate of drug-likeness (QED) is 0.421. The molecule has 0 aromatic carbocycles. The van der Waals surface area contributed by atoms with Gasteiger partial charge in [-0.3, -0.25) is 4.79 Å². The molecule has 2 aliphatic heterocycles. The van der Waals surface area contributed by atoms with Crippen LogP contribution < -0.4 is 0 Å². The highest BCUT2D eigenvalue weighted by Crippen LogP contribution is 2.60. The van der Waals surface area contributed by atoms with Crippen LogP contribution >= 0.6 is 0 Å². The summed E-state index contributed by atoms with van der Waals surface area (Å²) in [6, 6.07) is 0. The van der Waals surface area contributed by atoms with Crippen LogP contribution in [-0.4, -0.2) is 36.4 Å². The van der Waals surface area contributed by atoms with Crippen LogP contribution in [0.4, 0.5) is 0 Å². The van der Waals surface area contributed by atoms with Crippen molar-refractivity contribution in [3.8, 4) is 0 Å². The van der Waals surface area contributed by atoms with Crippen LogP contribution in [0.25, 0.3) is 0 Å². The van der Waals surface area contributed by atoms with Gasteiger partial charge in [-0.1, -0.05) is 6.92 Å². The van der Waals surface area contributed by atoms with Crippen molar-refractivity contribution in [1.29, 1.82) is 0 Å². The standard InChI is InChI=1S/C16H22O5/c1-9-5-6-11(10(2)14(18)19-4)13-15(3,21-13)16(9)8-7-12(17)20-16/h9,13H,5-8H2,1-4H3/b11-10-/t9-,13+,15+,16+/m1/s1. The Hall–Kier alpha value is -1.36. The van der Waals surface area contributed by atoms with Gasteiger partial charge in [-0.05, 0) is 38.2 Å². The molecule has 1 spiro atoms. The molecule has 0 unspecified atom stereocenters. The van der Waals surface area contributed by atoms with Crippen LogP contribution in [0.15, 0.2) is 11.1 Å². The van der Waals surface area contributed by atoms with Gasteiger partial charge in [0, 0.05) is 18.4 Å². The number of carbonyl (C=O) groups excluding carboxylic acids is 2. The topological polar surface area (TPSA) is 65.1 Å². The number of esters is 2. The molecule has 21 heavy (non-hydrogen) atoms. The van der Waals surface area contributed by atoms with Gasteiger partial charge in [0.25, 0.3) is 0 Å². The molecular weight excluding hydrogens is 272 g/mol. The smallest absolute Gasteiger partial charge is 0.333 e. The molecule has 0 radical (unpaired) electrons. The Balaban J connectivity index is 1.99. The number of fused-ring (bicyclic) bond motifs is 2. The van der Waals surface area contributed by atoms with Gasteiger partial charge in [0.2, 0.25) is 0 Å². The van der Waals surface area contributed by atoms with Gasteiger partial charge in [-0.15, -0.1) is 0 Å². The Morgan fingerprint density at radius 2 is 2.10 bits per heavy atom. The van der Waals surface area contributed by atoms with Gasteiger partial charge in [0.15, 0.2) is 0 Å². The Bertz CT molecular complexity index is 537. The van der Waals surface area contributed by atoms with Crippen LogP contribution in [0.1, 0.15) is 46.5 Å². The first kappa shape index (κ1) is 14.6. The van der Waals surface area contributed by atoms with E-state index in [0.29, 0.717) is 18.4 Å². The summed E-state index contributed by atoms with van der Waals surface area (Å²) in [5.74, 6) is -0.244. The van der Waals surface area contributed by atoms with Gasteiger partial charge < -0.3 is 14.2 Å². The lowest BCUT2D eigenvalue weighted by atomic mass is 9.75. The van der Waals surface area contributed by atoms with Gasteiger partial charge in [-0.25, -0.2) is 4.79 Å². The lowest BCUT2D eigenvalue weighted by molar-refractivity contribution is -0.160. The summed E-state index contributed by atoms with van der Waals surface area (Å²) < 4.78 is 16.6. The number of carbonyl (C=O) groups is 2. The van der Waals surface area contributed by atoms with E-state index in [-0.39, 0.29) is 24.0 Å². The SMILES string of the molecule is COC(=O)/C(C)=C1/CC[C@@H](C)[C@@]2(CCC(=O)O2)[C@@]2(C)O[C@@H]12. The summed E-state index contributed by atoms with van der Waals surface area (Å²) in [5, 5.41) is 0. The zero-order valence-corrected chi connectivity index (χ0v) is 13.0. The molecule has 1 aliphatic carbocycles. The van der Waals surface area contributed by atoms with E-state index in [0.717, 1.165) is 18.4 Å². The Morgan fingerprint density at radius 1 is 1.38 bits per heavy atom. The Morgan fingerprint density at radius 3 is 2.67 bits per heavy atom. The summed E-state index contributed by atoms with van der Waals surface area (Å²) in [7, 11) is 1.39. The molecular formula is C16H22O5.